The number of aldehydes is 1. The second-order valence-corrected chi connectivity index (χ2v) is 1.69. The summed E-state index contributed by atoms with van der Waals surface area (Å²) in [5.74, 6) is -0.363. The molecule has 1 heterocycles. The lowest BCUT2D eigenvalue weighted by atomic mass is 10.3. The molecule has 0 aliphatic carbocycles. The third-order valence-corrected chi connectivity index (χ3v) is 1.06. The van der Waals surface area contributed by atoms with Crippen molar-refractivity contribution < 1.29 is 14.3 Å². The van der Waals surface area contributed by atoms with Gasteiger partial charge in [0.25, 0.3) is 5.78 Å². The van der Waals surface area contributed by atoms with E-state index in [-0.39, 0.29) is 12.0 Å². The standard InChI is InChI=1S/C6H6O3/c7-4-5(8)6-2-1-3-9-6/h2,4H,1,3H2. The van der Waals surface area contributed by atoms with Gasteiger partial charge in [0.2, 0.25) is 0 Å². The third-order valence-electron chi connectivity index (χ3n) is 1.06. The molecule has 0 radical (unpaired) electrons. The fraction of sp³-hybridized carbons (Fsp3) is 0.333. The van der Waals surface area contributed by atoms with Gasteiger partial charge < -0.3 is 4.74 Å². The maximum absolute atomic E-state index is 10.5. The molecule has 0 N–H and O–H groups in total. The van der Waals surface area contributed by atoms with Gasteiger partial charge in [-0.1, -0.05) is 0 Å². The molecule has 0 aromatic rings. The molecule has 0 aromatic heterocycles. The van der Waals surface area contributed by atoms with Gasteiger partial charge in [-0.05, 0) is 6.08 Å². The Morgan fingerprint density at radius 3 is 3.00 bits per heavy atom. The van der Waals surface area contributed by atoms with E-state index in [4.69, 9.17) is 4.74 Å². The van der Waals surface area contributed by atoms with Gasteiger partial charge in [-0.25, -0.2) is 0 Å². The molecule has 0 atom stereocenters. The molecule has 3 heteroatoms. The Balaban J connectivity index is 2.61. The summed E-state index contributed by atoms with van der Waals surface area (Å²) in [6.45, 7) is 0.523. The Bertz CT molecular complexity index is 169. The van der Waals surface area contributed by atoms with Crippen molar-refractivity contribution in [3.63, 3.8) is 0 Å². The predicted octanol–water partition coefficient (Wildman–Crippen LogP) is 0.0586. The minimum absolute atomic E-state index is 0.199. The van der Waals surface area contributed by atoms with Crippen molar-refractivity contribution in [1.29, 1.82) is 0 Å². The van der Waals surface area contributed by atoms with Crippen LogP contribution in [0.3, 0.4) is 0 Å². The number of ketones is 1. The first-order chi connectivity index (χ1) is 4.34. The zero-order chi connectivity index (χ0) is 6.69. The molecule has 0 spiro atoms. The van der Waals surface area contributed by atoms with Crippen molar-refractivity contribution in [2.75, 3.05) is 6.61 Å². The second kappa shape index (κ2) is 2.44. The maximum Gasteiger partial charge on any atom is 0.259 e. The van der Waals surface area contributed by atoms with E-state index in [0.717, 1.165) is 6.42 Å². The van der Waals surface area contributed by atoms with Crippen molar-refractivity contribution in [2.24, 2.45) is 0 Å². The Labute approximate surface area is 52.3 Å². The van der Waals surface area contributed by atoms with Crippen LogP contribution in [0.1, 0.15) is 6.42 Å². The Kier molecular flexibility index (Phi) is 1.63. The van der Waals surface area contributed by atoms with Gasteiger partial charge in [0.05, 0.1) is 6.61 Å². The third kappa shape index (κ3) is 1.16. The van der Waals surface area contributed by atoms with E-state index < -0.39 is 5.78 Å². The largest absolute Gasteiger partial charge is 0.489 e. The van der Waals surface area contributed by atoms with E-state index in [9.17, 15) is 9.59 Å². The highest BCUT2D eigenvalue weighted by Gasteiger charge is 2.12. The van der Waals surface area contributed by atoms with E-state index in [1.807, 2.05) is 0 Å². The van der Waals surface area contributed by atoms with Crippen LogP contribution in [-0.2, 0) is 14.3 Å². The van der Waals surface area contributed by atoms with E-state index in [1.54, 1.807) is 6.08 Å². The van der Waals surface area contributed by atoms with Crippen LogP contribution in [0.2, 0.25) is 0 Å². The number of carbonyl (C=O) groups excluding carboxylic acids is 2. The van der Waals surface area contributed by atoms with Crippen LogP contribution >= 0.6 is 0 Å². The minimum atomic E-state index is -0.563. The SMILES string of the molecule is O=CC(=O)C1=CCCO1. The second-order valence-electron chi connectivity index (χ2n) is 1.69. The summed E-state index contributed by atoms with van der Waals surface area (Å²) in [4.78, 5) is 20.3. The molecule has 1 aliphatic rings. The topological polar surface area (TPSA) is 43.4 Å². The molecule has 9 heavy (non-hydrogen) atoms. The van der Waals surface area contributed by atoms with E-state index in [0.29, 0.717) is 6.61 Å². The van der Waals surface area contributed by atoms with Crippen LogP contribution in [0.25, 0.3) is 0 Å². The normalized spacial score (nSPS) is 16.2. The molecule has 0 aromatic carbocycles. The highest BCUT2D eigenvalue weighted by Crippen LogP contribution is 2.08. The minimum Gasteiger partial charge on any atom is -0.489 e. The van der Waals surface area contributed by atoms with E-state index in [2.05, 4.69) is 0 Å². The molecule has 48 valence electrons. The molecule has 3 nitrogen and oxygen atoms in total. The van der Waals surface area contributed by atoms with Crippen LogP contribution in [0.5, 0.6) is 0 Å². The van der Waals surface area contributed by atoms with Gasteiger partial charge >= 0.3 is 0 Å². The van der Waals surface area contributed by atoms with Gasteiger partial charge in [-0.3, -0.25) is 9.59 Å². The Hall–Kier alpha value is -1.12. The van der Waals surface area contributed by atoms with Crippen molar-refractivity contribution in [3.05, 3.63) is 11.8 Å². The van der Waals surface area contributed by atoms with Crippen molar-refractivity contribution >= 4 is 12.1 Å². The predicted molar refractivity (Wildman–Crippen MR) is 29.7 cm³/mol. The van der Waals surface area contributed by atoms with Gasteiger partial charge in [-0.2, -0.15) is 0 Å². The van der Waals surface area contributed by atoms with Crippen molar-refractivity contribution in [1.82, 2.24) is 0 Å². The summed E-state index contributed by atoms with van der Waals surface area (Å²) < 4.78 is 4.79. The van der Waals surface area contributed by atoms with Crippen molar-refractivity contribution in [3.8, 4) is 0 Å². The first-order valence-electron chi connectivity index (χ1n) is 2.67. The molecular weight excluding hydrogens is 120 g/mol. The summed E-state index contributed by atoms with van der Waals surface area (Å²) >= 11 is 0. The first-order valence-corrected chi connectivity index (χ1v) is 2.67. The number of Topliss-reactive ketones (excluding diaryl/α,β-unsaturated/α-hetero) is 1. The quantitative estimate of drug-likeness (QED) is 0.388. The molecule has 1 rings (SSSR count). The molecule has 0 saturated carbocycles. The van der Waals surface area contributed by atoms with Crippen LogP contribution in [-0.4, -0.2) is 18.7 Å². The van der Waals surface area contributed by atoms with Gasteiger partial charge in [0, 0.05) is 6.42 Å². The zero-order valence-corrected chi connectivity index (χ0v) is 4.79. The number of allylic oxidation sites excluding steroid dienone is 1. The van der Waals surface area contributed by atoms with Gasteiger partial charge in [-0.15, -0.1) is 0 Å². The van der Waals surface area contributed by atoms with Gasteiger partial charge in [0.15, 0.2) is 12.0 Å². The number of carbonyl (C=O) groups is 2. The molecule has 0 amide bonds. The summed E-state index contributed by atoms with van der Waals surface area (Å²) in [6, 6.07) is 0. The molecule has 0 fully saturated rings. The maximum atomic E-state index is 10.5. The highest BCUT2D eigenvalue weighted by atomic mass is 16.5. The highest BCUT2D eigenvalue weighted by molar-refractivity contribution is 6.32. The molecular formula is C6H6O3. The lowest BCUT2D eigenvalue weighted by Crippen LogP contribution is -2.03. The Morgan fingerprint density at radius 1 is 1.78 bits per heavy atom. The first kappa shape index (κ1) is 6.01. The number of ether oxygens (including phenoxy) is 1. The Morgan fingerprint density at radius 2 is 2.56 bits per heavy atom. The molecule has 0 bridgehead atoms. The monoisotopic (exact) mass is 126 g/mol. The summed E-state index contributed by atoms with van der Waals surface area (Å²) in [6.07, 6.45) is 2.61. The smallest absolute Gasteiger partial charge is 0.259 e. The van der Waals surface area contributed by atoms with Crippen LogP contribution in [0.4, 0.5) is 0 Å². The number of rotatable bonds is 2. The zero-order valence-electron chi connectivity index (χ0n) is 4.79. The van der Waals surface area contributed by atoms with E-state index >= 15 is 0 Å². The van der Waals surface area contributed by atoms with Crippen LogP contribution < -0.4 is 0 Å². The average Bonchev–Trinajstić information content (AvgIpc) is 2.37. The molecule has 1 aliphatic heterocycles. The fourth-order valence-corrected chi connectivity index (χ4v) is 0.648. The summed E-state index contributed by atoms with van der Waals surface area (Å²) in [7, 11) is 0. The fourth-order valence-electron chi connectivity index (χ4n) is 0.648. The summed E-state index contributed by atoms with van der Waals surface area (Å²) in [5, 5.41) is 0. The lowest BCUT2D eigenvalue weighted by molar-refractivity contribution is -0.129. The number of hydrogen-bond donors (Lipinski definition) is 0. The molecule has 0 saturated heterocycles. The van der Waals surface area contributed by atoms with Crippen LogP contribution in [0, 0.1) is 0 Å². The lowest BCUT2D eigenvalue weighted by Gasteiger charge is -1.93. The van der Waals surface area contributed by atoms with Crippen molar-refractivity contribution in [2.45, 2.75) is 6.42 Å². The number of hydrogen-bond acceptors (Lipinski definition) is 3. The molecule has 0 unspecified atom stereocenters. The van der Waals surface area contributed by atoms with E-state index in [1.165, 1.54) is 0 Å². The van der Waals surface area contributed by atoms with Crippen LogP contribution in [0.15, 0.2) is 11.8 Å². The summed E-state index contributed by atoms with van der Waals surface area (Å²) in [5.41, 5.74) is 0. The average molecular weight is 126 g/mol. The van der Waals surface area contributed by atoms with Gasteiger partial charge in [0.1, 0.15) is 0 Å².